The summed E-state index contributed by atoms with van der Waals surface area (Å²) in [6.07, 6.45) is -3.95. The van der Waals surface area contributed by atoms with E-state index in [1.165, 1.54) is 0 Å². The van der Waals surface area contributed by atoms with Crippen LogP contribution >= 0.6 is 0 Å². The van der Waals surface area contributed by atoms with Crippen LogP contribution in [0.3, 0.4) is 0 Å². The molecule has 0 saturated heterocycles. The Hall–Kier alpha value is -1.31. The Balaban J connectivity index is 3.26. The minimum Gasteiger partial charge on any atom is -0.325 e. The van der Waals surface area contributed by atoms with Crippen LogP contribution in [0.1, 0.15) is 11.4 Å². The molecule has 0 unspecified atom stereocenters. The lowest BCUT2D eigenvalue weighted by Crippen LogP contribution is -2.36. The average Bonchev–Trinajstić information content (AvgIpc) is 2.16. The van der Waals surface area contributed by atoms with Crippen LogP contribution in [0.25, 0.3) is 0 Å². The summed E-state index contributed by atoms with van der Waals surface area (Å²) in [4.78, 5) is 6.28. The smallest absolute Gasteiger partial charge is 0.325 e. The highest BCUT2D eigenvalue weighted by Gasteiger charge is 2.60. The number of alkyl halides is 5. The topological polar surface area (TPSA) is 51.8 Å². The number of halogens is 5. The largest absolute Gasteiger partial charge is 0.459 e. The minimum atomic E-state index is -5.70. The molecule has 8 heteroatoms. The van der Waals surface area contributed by atoms with Gasteiger partial charge in [-0.05, 0) is 0 Å². The minimum absolute atomic E-state index is 0.533. The first-order valence-electron chi connectivity index (χ1n) is 3.75. The Morgan fingerprint density at radius 3 is 2.07 bits per heavy atom. The van der Waals surface area contributed by atoms with Gasteiger partial charge < -0.3 is 5.73 Å². The zero-order valence-corrected chi connectivity index (χ0v) is 7.22. The van der Waals surface area contributed by atoms with Crippen LogP contribution in [0, 0.1) is 0 Å². The van der Waals surface area contributed by atoms with Crippen molar-refractivity contribution in [3.05, 3.63) is 23.8 Å². The van der Waals surface area contributed by atoms with Gasteiger partial charge in [-0.2, -0.15) is 22.0 Å². The van der Waals surface area contributed by atoms with Crippen molar-refractivity contribution < 1.29 is 22.0 Å². The summed E-state index contributed by atoms with van der Waals surface area (Å²) in [6, 6.07) is 0. The lowest BCUT2D eigenvalue weighted by Gasteiger charge is -2.20. The van der Waals surface area contributed by atoms with E-state index in [4.69, 9.17) is 5.73 Å². The summed E-state index contributed by atoms with van der Waals surface area (Å²) in [5.74, 6) is -5.03. The molecule has 0 fully saturated rings. The standard InChI is InChI=1S/C7H6F5N3/c8-6(9,7(10,11)12)5-4(3-13)14-1-2-15-5/h1-2H,3,13H2. The molecule has 0 atom stereocenters. The van der Waals surface area contributed by atoms with E-state index < -0.39 is 30.0 Å². The van der Waals surface area contributed by atoms with Crippen LogP contribution in [0.4, 0.5) is 22.0 Å². The lowest BCUT2D eigenvalue weighted by atomic mass is 10.1. The number of aromatic nitrogens is 2. The Labute approximate surface area is 81.1 Å². The molecule has 0 bridgehead atoms. The Bertz CT molecular complexity index is 349. The number of hydrogen-bond donors (Lipinski definition) is 1. The van der Waals surface area contributed by atoms with Gasteiger partial charge in [0.15, 0.2) is 0 Å². The highest BCUT2D eigenvalue weighted by Crippen LogP contribution is 2.43. The number of rotatable bonds is 2. The van der Waals surface area contributed by atoms with Crippen molar-refractivity contribution in [2.24, 2.45) is 5.73 Å². The van der Waals surface area contributed by atoms with Gasteiger partial charge in [-0.25, -0.2) is 0 Å². The summed E-state index contributed by atoms with van der Waals surface area (Å²) in [5, 5.41) is 0. The van der Waals surface area contributed by atoms with Crippen molar-refractivity contribution in [1.29, 1.82) is 0 Å². The summed E-state index contributed by atoms with van der Waals surface area (Å²) < 4.78 is 61.6. The van der Waals surface area contributed by atoms with Crippen molar-refractivity contribution in [2.75, 3.05) is 0 Å². The Morgan fingerprint density at radius 2 is 1.60 bits per heavy atom. The maximum absolute atomic E-state index is 12.8. The fourth-order valence-corrected chi connectivity index (χ4v) is 0.913. The molecule has 1 rings (SSSR count). The molecule has 0 saturated carbocycles. The van der Waals surface area contributed by atoms with Crippen LogP contribution in [-0.2, 0) is 12.5 Å². The zero-order chi connectivity index (χ0) is 11.7. The van der Waals surface area contributed by atoms with Crippen molar-refractivity contribution in [3.8, 4) is 0 Å². The van der Waals surface area contributed by atoms with Gasteiger partial charge in [-0.1, -0.05) is 0 Å². The third-order valence-corrected chi connectivity index (χ3v) is 1.62. The first-order chi connectivity index (χ1) is 6.80. The molecule has 1 aromatic heterocycles. The second kappa shape index (κ2) is 3.69. The lowest BCUT2D eigenvalue weighted by molar-refractivity contribution is -0.291. The van der Waals surface area contributed by atoms with Gasteiger partial charge in [0, 0.05) is 18.9 Å². The van der Waals surface area contributed by atoms with Gasteiger partial charge in [0.05, 0.1) is 5.69 Å². The zero-order valence-electron chi connectivity index (χ0n) is 7.22. The third kappa shape index (κ3) is 2.04. The third-order valence-electron chi connectivity index (χ3n) is 1.62. The van der Waals surface area contributed by atoms with E-state index in [2.05, 4.69) is 9.97 Å². The quantitative estimate of drug-likeness (QED) is 0.780. The molecular weight excluding hydrogens is 221 g/mol. The van der Waals surface area contributed by atoms with Crippen molar-refractivity contribution >= 4 is 0 Å². The van der Waals surface area contributed by atoms with E-state index in [1.807, 2.05) is 0 Å². The maximum atomic E-state index is 12.8. The highest BCUT2D eigenvalue weighted by atomic mass is 19.4. The fraction of sp³-hybridized carbons (Fsp3) is 0.429. The summed E-state index contributed by atoms with van der Waals surface area (Å²) in [6.45, 7) is -0.533. The SMILES string of the molecule is NCc1nccnc1C(F)(F)C(F)(F)F. The van der Waals surface area contributed by atoms with Gasteiger partial charge in [0.2, 0.25) is 0 Å². The molecular formula is C7H6F5N3. The van der Waals surface area contributed by atoms with Crippen LogP contribution in [0.15, 0.2) is 12.4 Å². The van der Waals surface area contributed by atoms with Gasteiger partial charge >= 0.3 is 12.1 Å². The highest BCUT2D eigenvalue weighted by molar-refractivity contribution is 5.17. The summed E-state index contributed by atoms with van der Waals surface area (Å²) >= 11 is 0. The Morgan fingerprint density at radius 1 is 1.07 bits per heavy atom. The number of hydrogen-bond acceptors (Lipinski definition) is 3. The molecule has 0 amide bonds. The molecule has 15 heavy (non-hydrogen) atoms. The normalized spacial score (nSPS) is 12.9. The van der Waals surface area contributed by atoms with Crippen LogP contribution in [-0.4, -0.2) is 16.1 Å². The number of nitrogens with two attached hydrogens (primary N) is 1. The molecule has 0 aliphatic heterocycles. The average molecular weight is 227 g/mol. The number of nitrogens with zero attached hydrogens (tertiary/aromatic N) is 2. The molecule has 0 spiro atoms. The van der Waals surface area contributed by atoms with Crippen LogP contribution < -0.4 is 5.73 Å². The van der Waals surface area contributed by atoms with E-state index in [0.29, 0.717) is 0 Å². The van der Waals surface area contributed by atoms with Crippen LogP contribution in [0.5, 0.6) is 0 Å². The van der Waals surface area contributed by atoms with Crippen molar-refractivity contribution in [1.82, 2.24) is 9.97 Å². The van der Waals surface area contributed by atoms with Crippen molar-refractivity contribution in [2.45, 2.75) is 18.6 Å². The molecule has 84 valence electrons. The van der Waals surface area contributed by atoms with Crippen LogP contribution in [0.2, 0.25) is 0 Å². The van der Waals surface area contributed by atoms with E-state index in [-0.39, 0.29) is 0 Å². The molecule has 0 radical (unpaired) electrons. The van der Waals surface area contributed by atoms with E-state index >= 15 is 0 Å². The molecule has 2 N–H and O–H groups in total. The second-order valence-electron chi connectivity index (χ2n) is 2.63. The molecule has 0 aliphatic rings. The molecule has 3 nitrogen and oxygen atoms in total. The second-order valence-corrected chi connectivity index (χ2v) is 2.63. The maximum Gasteiger partial charge on any atom is 0.459 e. The molecule has 1 aromatic rings. The first-order valence-corrected chi connectivity index (χ1v) is 3.75. The molecule has 0 aromatic carbocycles. The molecule has 1 heterocycles. The predicted octanol–water partition coefficient (Wildman–Crippen LogP) is 1.59. The van der Waals surface area contributed by atoms with Gasteiger partial charge in [0.1, 0.15) is 5.69 Å². The first kappa shape index (κ1) is 11.8. The van der Waals surface area contributed by atoms with Gasteiger partial charge in [-0.15, -0.1) is 0 Å². The van der Waals surface area contributed by atoms with Gasteiger partial charge in [-0.3, -0.25) is 9.97 Å². The van der Waals surface area contributed by atoms with E-state index in [1.54, 1.807) is 0 Å². The van der Waals surface area contributed by atoms with E-state index in [0.717, 1.165) is 12.4 Å². The Kier molecular flexibility index (Phi) is 2.89. The van der Waals surface area contributed by atoms with Crippen molar-refractivity contribution in [3.63, 3.8) is 0 Å². The van der Waals surface area contributed by atoms with E-state index in [9.17, 15) is 22.0 Å². The fourth-order valence-electron chi connectivity index (χ4n) is 0.913. The molecule has 0 aliphatic carbocycles. The summed E-state index contributed by atoms with van der Waals surface area (Å²) in [5.41, 5.74) is 2.97. The van der Waals surface area contributed by atoms with Gasteiger partial charge in [0.25, 0.3) is 0 Å². The monoisotopic (exact) mass is 227 g/mol. The summed E-state index contributed by atoms with van der Waals surface area (Å²) in [7, 11) is 0. The predicted molar refractivity (Wildman–Crippen MR) is 39.9 cm³/mol.